The third kappa shape index (κ3) is 2.57. The van der Waals surface area contributed by atoms with Gasteiger partial charge in [0.15, 0.2) is 28.9 Å². The van der Waals surface area contributed by atoms with Crippen molar-refractivity contribution in [3.05, 3.63) is 59.3 Å². The molecule has 0 unspecified atom stereocenters. The van der Waals surface area contributed by atoms with Crippen molar-refractivity contribution in [1.82, 2.24) is 0 Å². The highest BCUT2D eigenvalue weighted by atomic mass is 16.5. The van der Waals surface area contributed by atoms with Crippen LogP contribution in [0.2, 0.25) is 0 Å². The number of phenols is 1. The summed E-state index contributed by atoms with van der Waals surface area (Å²) in [6, 6.07) is 4.92. The van der Waals surface area contributed by atoms with Crippen molar-refractivity contribution in [3.8, 4) is 11.5 Å². The molecule has 0 aromatic heterocycles. The van der Waals surface area contributed by atoms with Gasteiger partial charge in [-0.1, -0.05) is 6.08 Å². The number of benzene rings is 1. The highest BCUT2D eigenvalue weighted by Crippen LogP contribution is 2.35. The third-order valence-corrected chi connectivity index (χ3v) is 3.79. The Labute approximate surface area is 132 Å². The molecule has 0 radical (unpaired) electrons. The Morgan fingerprint density at radius 1 is 1.13 bits per heavy atom. The number of carbonyl (C=O) groups excluding carboxylic acids is 1. The fourth-order valence-electron chi connectivity index (χ4n) is 2.63. The Morgan fingerprint density at radius 2 is 1.91 bits per heavy atom. The molecule has 0 saturated heterocycles. The maximum absolute atomic E-state index is 9.88. The zero-order chi connectivity index (χ0) is 16.6. The topological polar surface area (TPSA) is 90.5 Å². The molecule has 0 spiro atoms. The van der Waals surface area contributed by atoms with Gasteiger partial charge in [0.2, 0.25) is 0 Å². The van der Waals surface area contributed by atoms with E-state index in [1.54, 1.807) is 24.3 Å². The molecular weight excluding hydrogens is 300 g/mol. The number of ketones is 1. The minimum atomic E-state index is -1.17. The molecule has 6 heteroatoms. The van der Waals surface area contributed by atoms with Crippen molar-refractivity contribution >= 4 is 5.78 Å². The van der Waals surface area contributed by atoms with Gasteiger partial charge in [0.25, 0.3) is 0 Å². The number of aromatic hydroxyl groups is 1. The van der Waals surface area contributed by atoms with Crippen LogP contribution in [0.3, 0.4) is 0 Å². The average Bonchev–Trinajstić information content (AvgIpc) is 2.55. The SMILES string of the molecule is COC1=C(O)[C@@H](O)C=C2[O+]=C(c3ccc(OC)c(O)c3)C=C[C@@H]21. The smallest absolute Gasteiger partial charge is 0.360 e. The number of fused-ring (bicyclic) bond motifs is 1. The molecular formula is C17H17O6+. The number of hydrogen-bond acceptors (Lipinski definition) is 5. The zero-order valence-electron chi connectivity index (χ0n) is 12.7. The van der Waals surface area contributed by atoms with Crippen LogP contribution >= 0.6 is 0 Å². The van der Waals surface area contributed by atoms with Crippen LogP contribution < -0.4 is 4.74 Å². The Hall–Kier alpha value is -2.73. The van der Waals surface area contributed by atoms with E-state index in [0.717, 1.165) is 0 Å². The van der Waals surface area contributed by atoms with E-state index in [0.29, 0.717) is 22.9 Å². The summed E-state index contributed by atoms with van der Waals surface area (Å²) in [7, 11) is 2.90. The molecule has 1 aromatic rings. The van der Waals surface area contributed by atoms with Crippen LogP contribution in [-0.2, 0) is 4.74 Å². The maximum Gasteiger partial charge on any atom is 0.360 e. The Bertz CT molecular complexity index is 756. The lowest BCUT2D eigenvalue weighted by Gasteiger charge is -2.20. The molecule has 2 aliphatic rings. The van der Waals surface area contributed by atoms with E-state index in [1.165, 1.54) is 26.4 Å². The van der Waals surface area contributed by atoms with Crippen molar-refractivity contribution in [2.75, 3.05) is 14.2 Å². The van der Waals surface area contributed by atoms with Crippen LogP contribution in [0.5, 0.6) is 11.5 Å². The first-order valence-corrected chi connectivity index (χ1v) is 7.02. The summed E-state index contributed by atoms with van der Waals surface area (Å²) in [6.45, 7) is 0. The molecule has 0 fully saturated rings. The number of aliphatic hydroxyl groups is 2. The molecule has 120 valence electrons. The van der Waals surface area contributed by atoms with Crippen molar-refractivity contribution in [1.29, 1.82) is 0 Å². The quantitative estimate of drug-likeness (QED) is 0.742. The molecule has 6 nitrogen and oxygen atoms in total. The van der Waals surface area contributed by atoms with Crippen molar-refractivity contribution in [2.24, 2.45) is 5.92 Å². The fraction of sp³-hybridized carbons (Fsp3) is 0.235. The van der Waals surface area contributed by atoms with Crippen LogP contribution in [0.15, 0.2) is 53.7 Å². The summed E-state index contributed by atoms with van der Waals surface area (Å²) in [4.78, 5) is 0. The van der Waals surface area contributed by atoms with Crippen LogP contribution in [0.25, 0.3) is 0 Å². The Morgan fingerprint density at radius 3 is 2.57 bits per heavy atom. The summed E-state index contributed by atoms with van der Waals surface area (Å²) in [5.41, 5.74) is 0.658. The van der Waals surface area contributed by atoms with Gasteiger partial charge in [-0.05, 0) is 12.1 Å². The first kappa shape index (κ1) is 15.2. The molecule has 23 heavy (non-hydrogen) atoms. The summed E-state index contributed by atoms with van der Waals surface area (Å²) in [6.07, 6.45) is 3.78. The monoisotopic (exact) mass is 317 g/mol. The Balaban J connectivity index is 1.97. The molecule has 3 N–H and O–H groups in total. The van der Waals surface area contributed by atoms with E-state index >= 15 is 0 Å². The second-order valence-electron chi connectivity index (χ2n) is 5.16. The van der Waals surface area contributed by atoms with Gasteiger partial charge in [-0.3, -0.25) is 0 Å². The van der Waals surface area contributed by atoms with E-state index < -0.39 is 6.10 Å². The third-order valence-electron chi connectivity index (χ3n) is 3.79. The van der Waals surface area contributed by atoms with E-state index in [-0.39, 0.29) is 23.2 Å². The highest BCUT2D eigenvalue weighted by Gasteiger charge is 2.40. The van der Waals surface area contributed by atoms with E-state index in [1.807, 2.05) is 0 Å². The van der Waals surface area contributed by atoms with Crippen molar-refractivity contribution in [3.63, 3.8) is 0 Å². The van der Waals surface area contributed by atoms with E-state index in [4.69, 9.17) is 13.9 Å². The number of phenolic OH excluding ortho intramolecular Hbond substituents is 1. The number of rotatable bonds is 3. The van der Waals surface area contributed by atoms with Gasteiger partial charge in [0, 0.05) is 12.1 Å². The molecule has 0 amide bonds. The predicted octanol–water partition coefficient (Wildman–Crippen LogP) is 1.98. The molecule has 3 rings (SSSR count). The lowest BCUT2D eigenvalue weighted by atomic mass is 9.93. The van der Waals surface area contributed by atoms with E-state index in [2.05, 4.69) is 0 Å². The molecule has 2 atom stereocenters. The lowest BCUT2D eigenvalue weighted by molar-refractivity contribution is -0.217. The standard InChI is InChI=1S/C17H16O6/c1-21-14-5-3-9(7-11(14)18)13-6-4-10-15(23-13)8-12(19)16(20)17(10)22-2/h3-8,10,12,19H,1-2H3,(H-,18,20)/p+1/t10-,12-/m0/s1. The Kier molecular flexibility index (Phi) is 3.83. The minimum Gasteiger partial charge on any atom is -0.506 e. The summed E-state index contributed by atoms with van der Waals surface area (Å²) >= 11 is 0. The summed E-state index contributed by atoms with van der Waals surface area (Å²) in [5, 5.41) is 29.6. The largest absolute Gasteiger partial charge is 0.506 e. The predicted molar refractivity (Wildman–Crippen MR) is 82.4 cm³/mol. The second kappa shape index (κ2) is 5.81. The van der Waals surface area contributed by atoms with Crippen LogP contribution in [0, 0.1) is 5.92 Å². The van der Waals surface area contributed by atoms with Crippen LogP contribution in [0.4, 0.5) is 0 Å². The highest BCUT2D eigenvalue weighted by molar-refractivity contribution is 6.05. The number of ether oxygens (including phenoxy) is 2. The van der Waals surface area contributed by atoms with E-state index in [9.17, 15) is 15.3 Å². The summed E-state index contributed by atoms with van der Waals surface area (Å²) in [5.74, 6) is 0.981. The van der Waals surface area contributed by atoms with Crippen LogP contribution in [0.1, 0.15) is 9.99 Å². The van der Waals surface area contributed by atoms with Gasteiger partial charge in [0.05, 0.1) is 25.9 Å². The van der Waals surface area contributed by atoms with Gasteiger partial charge in [-0.2, -0.15) is 0 Å². The van der Waals surface area contributed by atoms with Gasteiger partial charge in [-0.15, -0.1) is 0 Å². The molecule has 1 aliphatic carbocycles. The van der Waals surface area contributed by atoms with Crippen molar-refractivity contribution in [2.45, 2.75) is 6.10 Å². The van der Waals surface area contributed by atoms with Crippen LogP contribution in [-0.4, -0.2) is 41.4 Å². The zero-order valence-corrected chi connectivity index (χ0v) is 12.7. The fourth-order valence-corrected chi connectivity index (χ4v) is 2.63. The van der Waals surface area contributed by atoms with Gasteiger partial charge in [0.1, 0.15) is 6.10 Å². The first-order valence-electron chi connectivity index (χ1n) is 7.02. The number of allylic oxidation sites excluding steroid dienone is 1. The van der Waals surface area contributed by atoms with Crippen molar-refractivity contribution < 1.29 is 29.2 Å². The summed E-state index contributed by atoms with van der Waals surface area (Å²) < 4.78 is 16.0. The van der Waals surface area contributed by atoms with Gasteiger partial charge in [-0.25, -0.2) is 4.42 Å². The average molecular weight is 317 g/mol. The molecule has 1 aliphatic heterocycles. The molecule has 0 bridgehead atoms. The molecule has 0 saturated carbocycles. The van der Waals surface area contributed by atoms with Gasteiger partial charge >= 0.3 is 11.5 Å². The normalized spacial score (nSPS) is 23.1. The first-order chi connectivity index (χ1) is 11.0. The minimum absolute atomic E-state index is 0.00408. The maximum atomic E-state index is 9.88. The molecule has 1 heterocycles. The molecule has 1 aromatic carbocycles. The number of hydrogen-bond donors (Lipinski definition) is 3. The number of aliphatic hydroxyl groups excluding tert-OH is 2. The van der Waals surface area contributed by atoms with Gasteiger partial charge < -0.3 is 24.8 Å². The second-order valence-corrected chi connectivity index (χ2v) is 5.16. The lowest BCUT2D eigenvalue weighted by Crippen LogP contribution is -2.24. The number of methoxy groups -OCH3 is 2.